The van der Waals surface area contributed by atoms with Crippen LogP contribution < -0.4 is 4.72 Å². The van der Waals surface area contributed by atoms with E-state index >= 15 is 0 Å². The fourth-order valence-electron chi connectivity index (χ4n) is 1.21. The van der Waals surface area contributed by atoms with Gasteiger partial charge in [-0.2, -0.15) is 0 Å². The molecule has 1 rings (SSSR count). The molecule has 0 radical (unpaired) electrons. The van der Waals surface area contributed by atoms with E-state index in [1.54, 1.807) is 0 Å². The zero-order valence-corrected chi connectivity index (χ0v) is 10.9. The van der Waals surface area contributed by atoms with E-state index in [1.165, 1.54) is 21.2 Å². The van der Waals surface area contributed by atoms with Gasteiger partial charge in [-0.25, -0.2) is 22.6 Å². The first-order valence-electron chi connectivity index (χ1n) is 4.88. The predicted molar refractivity (Wildman–Crippen MR) is 61.7 cm³/mol. The fourth-order valence-corrected chi connectivity index (χ4v) is 1.96. The Morgan fingerprint density at radius 1 is 1.44 bits per heavy atom. The highest BCUT2D eigenvalue weighted by molar-refractivity contribution is 7.89. The summed E-state index contributed by atoms with van der Waals surface area (Å²) in [5.74, 6) is -1.60. The molecule has 0 aliphatic carbocycles. The van der Waals surface area contributed by atoms with Gasteiger partial charge >= 0.3 is 0 Å². The molecule has 0 spiro atoms. The summed E-state index contributed by atoms with van der Waals surface area (Å²) in [7, 11) is 0.0248. The van der Waals surface area contributed by atoms with Gasteiger partial charge in [0.25, 0.3) is 5.91 Å². The summed E-state index contributed by atoms with van der Waals surface area (Å²) in [6, 6.07) is 2.95. The summed E-state index contributed by atoms with van der Waals surface area (Å²) < 4.78 is 38.6. The van der Waals surface area contributed by atoms with Gasteiger partial charge in [-0.3, -0.25) is 9.63 Å². The molecule has 0 aliphatic rings. The smallest absolute Gasteiger partial charge is 0.274 e. The molecule has 0 unspecified atom stereocenters. The molecule has 1 amide bonds. The molecule has 0 heterocycles. The van der Waals surface area contributed by atoms with Gasteiger partial charge in [0.15, 0.2) is 0 Å². The Labute approximate surface area is 104 Å². The average Bonchev–Trinajstić information content (AvgIpc) is 2.37. The Bertz CT molecular complexity index is 559. The number of benzene rings is 1. The quantitative estimate of drug-likeness (QED) is 0.806. The third-order valence-corrected chi connectivity index (χ3v) is 3.72. The Kier molecular flexibility index (Phi) is 4.38. The second-order valence-corrected chi connectivity index (χ2v) is 5.22. The molecule has 0 aromatic heterocycles. The lowest BCUT2D eigenvalue weighted by Crippen LogP contribution is -2.27. The molecule has 0 fully saturated rings. The lowest BCUT2D eigenvalue weighted by Gasteiger charge is -2.14. The molecule has 0 atom stereocenters. The molecule has 0 bridgehead atoms. The molecule has 6 nitrogen and oxygen atoms in total. The number of carbonyl (C=O) groups is 1. The van der Waals surface area contributed by atoms with Crippen LogP contribution in [0.4, 0.5) is 4.39 Å². The van der Waals surface area contributed by atoms with Crippen LogP contribution in [-0.2, 0) is 14.9 Å². The molecule has 0 aliphatic heterocycles. The van der Waals surface area contributed by atoms with Crippen molar-refractivity contribution in [2.45, 2.75) is 4.90 Å². The highest BCUT2D eigenvalue weighted by atomic mass is 32.2. The predicted octanol–water partition coefficient (Wildman–Crippen LogP) is 0.367. The number of nitrogens with zero attached hydrogens (tertiary/aromatic N) is 1. The van der Waals surface area contributed by atoms with Crippen molar-refractivity contribution in [1.82, 2.24) is 9.79 Å². The number of hydrogen-bond acceptors (Lipinski definition) is 4. The van der Waals surface area contributed by atoms with Gasteiger partial charge < -0.3 is 0 Å². The largest absolute Gasteiger partial charge is 0.280 e. The van der Waals surface area contributed by atoms with Gasteiger partial charge in [-0.05, 0) is 25.2 Å². The van der Waals surface area contributed by atoms with Crippen molar-refractivity contribution in [2.75, 3.05) is 21.2 Å². The monoisotopic (exact) mass is 276 g/mol. The zero-order valence-electron chi connectivity index (χ0n) is 10.1. The number of hydroxylamine groups is 2. The van der Waals surface area contributed by atoms with Gasteiger partial charge in [0.2, 0.25) is 10.0 Å². The number of rotatable bonds is 4. The molecule has 18 heavy (non-hydrogen) atoms. The van der Waals surface area contributed by atoms with Crippen LogP contribution in [0.3, 0.4) is 0 Å². The van der Waals surface area contributed by atoms with Gasteiger partial charge in [0.1, 0.15) is 5.82 Å². The summed E-state index contributed by atoms with van der Waals surface area (Å²) in [5, 5.41) is 0.800. The van der Waals surface area contributed by atoms with Crippen molar-refractivity contribution in [2.24, 2.45) is 0 Å². The van der Waals surface area contributed by atoms with E-state index < -0.39 is 21.7 Å². The van der Waals surface area contributed by atoms with Crippen LogP contribution in [0.1, 0.15) is 10.4 Å². The lowest BCUT2D eigenvalue weighted by molar-refractivity contribution is -0.0759. The van der Waals surface area contributed by atoms with Gasteiger partial charge in [0, 0.05) is 7.05 Å². The number of amides is 1. The Morgan fingerprint density at radius 3 is 2.56 bits per heavy atom. The van der Waals surface area contributed by atoms with Crippen LogP contribution in [-0.4, -0.2) is 40.6 Å². The van der Waals surface area contributed by atoms with Gasteiger partial charge in [0.05, 0.1) is 17.6 Å². The number of nitrogens with one attached hydrogen (secondary N) is 1. The van der Waals surface area contributed by atoms with Gasteiger partial charge in [-0.15, -0.1) is 0 Å². The van der Waals surface area contributed by atoms with Crippen LogP contribution in [0.15, 0.2) is 23.1 Å². The number of sulfonamides is 1. The topological polar surface area (TPSA) is 75.7 Å². The standard InChI is InChI=1S/C10H13FN2O4S/c1-12-18(15,16)7-4-5-9(11)8(6-7)10(14)13(2)17-3/h4-6,12H,1-3H3. The van der Waals surface area contributed by atoms with E-state index in [0.717, 1.165) is 23.3 Å². The maximum atomic E-state index is 13.5. The molecule has 1 aromatic carbocycles. The van der Waals surface area contributed by atoms with Crippen molar-refractivity contribution in [3.63, 3.8) is 0 Å². The van der Waals surface area contributed by atoms with Crippen molar-refractivity contribution in [1.29, 1.82) is 0 Å². The molecular formula is C10H13FN2O4S. The van der Waals surface area contributed by atoms with Crippen LogP contribution in [0.5, 0.6) is 0 Å². The fraction of sp³-hybridized carbons (Fsp3) is 0.300. The van der Waals surface area contributed by atoms with E-state index in [4.69, 9.17) is 0 Å². The third kappa shape index (κ3) is 2.84. The second-order valence-electron chi connectivity index (χ2n) is 3.33. The maximum absolute atomic E-state index is 13.5. The molecule has 1 N–H and O–H groups in total. The van der Waals surface area contributed by atoms with Crippen LogP contribution >= 0.6 is 0 Å². The molecule has 1 aromatic rings. The SMILES string of the molecule is CNS(=O)(=O)c1ccc(F)c(C(=O)N(C)OC)c1. The molecular weight excluding hydrogens is 263 g/mol. The summed E-state index contributed by atoms with van der Waals surface area (Å²) in [6.45, 7) is 0. The van der Waals surface area contributed by atoms with E-state index in [9.17, 15) is 17.6 Å². The van der Waals surface area contributed by atoms with E-state index in [2.05, 4.69) is 9.56 Å². The van der Waals surface area contributed by atoms with Crippen LogP contribution in [0.25, 0.3) is 0 Å². The molecule has 0 saturated heterocycles. The maximum Gasteiger partial charge on any atom is 0.280 e. The minimum absolute atomic E-state index is 0.195. The Morgan fingerprint density at radius 2 is 2.06 bits per heavy atom. The minimum atomic E-state index is -3.73. The summed E-state index contributed by atoms with van der Waals surface area (Å²) >= 11 is 0. The average molecular weight is 276 g/mol. The number of halogens is 1. The van der Waals surface area contributed by atoms with Crippen molar-refractivity contribution < 1.29 is 22.4 Å². The Balaban J connectivity index is 3.30. The van der Waals surface area contributed by atoms with E-state index in [-0.39, 0.29) is 10.5 Å². The minimum Gasteiger partial charge on any atom is -0.274 e. The number of carbonyl (C=O) groups excluding carboxylic acids is 1. The summed E-state index contributed by atoms with van der Waals surface area (Å²) in [4.78, 5) is 16.1. The first kappa shape index (κ1) is 14.6. The molecule has 8 heteroatoms. The summed E-state index contributed by atoms with van der Waals surface area (Å²) in [6.07, 6.45) is 0. The van der Waals surface area contributed by atoms with Crippen LogP contribution in [0.2, 0.25) is 0 Å². The van der Waals surface area contributed by atoms with E-state index in [1.807, 2.05) is 0 Å². The lowest BCUT2D eigenvalue weighted by atomic mass is 10.2. The summed E-state index contributed by atoms with van der Waals surface area (Å²) in [5.41, 5.74) is -0.379. The van der Waals surface area contributed by atoms with Crippen molar-refractivity contribution in [3.05, 3.63) is 29.6 Å². The second kappa shape index (κ2) is 5.42. The van der Waals surface area contributed by atoms with Crippen molar-refractivity contribution in [3.8, 4) is 0 Å². The highest BCUT2D eigenvalue weighted by Crippen LogP contribution is 2.16. The first-order chi connectivity index (χ1) is 8.33. The zero-order chi connectivity index (χ0) is 13.9. The molecule has 0 saturated carbocycles. The van der Waals surface area contributed by atoms with Gasteiger partial charge in [-0.1, -0.05) is 0 Å². The number of hydrogen-bond donors (Lipinski definition) is 1. The van der Waals surface area contributed by atoms with Crippen molar-refractivity contribution >= 4 is 15.9 Å². The first-order valence-corrected chi connectivity index (χ1v) is 6.37. The molecule has 100 valence electrons. The Hall–Kier alpha value is -1.51. The van der Waals surface area contributed by atoms with Crippen LogP contribution in [0, 0.1) is 5.82 Å². The van der Waals surface area contributed by atoms with E-state index in [0.29, 0.717) is 0 Å². The normalized spacial score (nSPS) is 11.3. The third-order valence-electron chi connectivity index (χ3n) is 2.31. The highest BCUT2D eigenvalue weighted by Gasteiger charge is 2.20.